The number of nitrogens with zero attached hydrogens (tertiary/aromatic N) is 1. The molecule has 1 unspecified atom stereocenters. The van der Waals surface area contributed by atoms with E-state index in [1.54, 1.807) is 0 Å². The van der Waals surface area contributed by atoms with Gasteiger partial charge in [0.2, 0.25) is 0 Å². The summed E-state index contributed by atoms with van der Waals surface area (Å²) in [6.07, 6.45) is 0.441. The van der Waals surface area contributed by atoms with Gasteiger partial charge in [-0.15, -0.1) is 11.6 Å². The molecule has 1 atom stereocenters. The summed E-state index contributed by atoms with van der Waals surface area (Å²) in [7, 11) is 2.01. The molecule has 0 fully saturated rings. The molecule has 0 aliphatic carbocycles. The van der Waals surface area contributed by atoms with E-state index in [0.29, 0.717) is 5.88 Å². The van der Waals surface area contributed by atoms with Crippen LogP contribution in [0.1, 0.15) is 20.8 Å². The maximum absolute atomic E-state index is 5.58. The van der Waals surface area contributed by atoms with Gasteiger partial charge in [-0.2, -0.15) is 0 Å². The molecule has 0 heterocycles. The molecular formula is C8H18ClNO. The second-order valence-electron chi connectivity index (χ2n) is 2.95. The minimum absolute atomic E-state index is 0.161. The molecule has 0 amide bonds. The van der Waals surface area contributed by atoms with E-state index in [1.807, 2.05) is 27.8 Å². The molecule has 0 N–H and O–H groups in total. The van der Waals surface area contributed by atoms with E-state index in [1.165, 1.54) is 0 Å². The van der Waals surface area contributed by atoms with Gasteiger partial charge >= 0.3 is 0 Å². The predicted molar refractivity (Wildman–Crippen MR) is 49.0 cm³/mol. The lowest BCUT2D eigenvalue weighted by Gasteiger charge is -2.25. The Bertz CT molecular complexity index is 98.1. The summed E-state index contributed by atoms with van der Waals surface area (Å²) in [6.45, 7) is 6.97. The summed E-state index contributed by atoms with van der Waals surface area (Å²) in [4.78, 5) is 2.09. The molecule has 0 radical (unpaired) electrons. The summed E-state index contributed by atoms with van der Waals surface area (Å²) in [5.41, 5.74) is 0. The average molecular weight is 180 g/mol. The zero-order valence-corrected chi connectivity index (χ0v) is 8.56. The highest BCUT2D eigenvalue weighted by Gasteiger charge is 2.09. The Hall–Kier alpha value is 0.210. The number of hydrogen-bond acceptors (Lipinski definition) is 2. The Kier molecular flexibility index (Phi) is 5.92. The number of ether oxygens (including phenoxy) is 1. The first kappa shape index (κ1) is 11.2. The van der Waals surface area contributed by atoms with Crippen molar-refractivity contribution in [3.05, 3.63) is 0 Å². The molecule has 0 aliphatic heterocycles. The van der Waals surface area contributed by atoms with Crippen LogP contribution in [0.25, 0.3) is 0 Å². The highest BCUT2D eigenvalue weighted by molar-refractivity contribution is 6.18. The maximum atomic E-state index is 5.58. The van der Waals surface area contributed by atoms with Crippen LogP contribution in [0.2, 0.25) is 0 Å². The molecule has 0 bridgehead atoms. The first-order chi connectivity index (χ1) is 5.07. The van der Waals surface area contributed by atoms with E-state index in [2.05, 4.69) is 4.90 Å². The quantitative estimate of drug-likeness (QED) is 0.473. The van der Waals surface area contributed by atoms with Crippen molar-refractivity contribution in [2.45, 2.75) is 33.1 Å². The number of alkyl halides is 1. The zero-order chi connectivity index (χ0) is 8.85. The second kappa shape index (κ2) is 5.81. The fraction of sp³-hybridized carbons (Fsp3) is 1.00. The average Bonchev–Trinajstić information content (AvgIpc) is 1.86. The minimum Gasteiger partial charge on any atom is -0.361 e. The fourth-order valence-corrected chi connectivity index (χ4v) is 1.08. The number of hydrogen-bond donors (Lipinski definition) is 0. The SMILES string of the molecule is CC(C)OC(C)N(C)CCCl. The lowest BCUT2D eigenvalue weighted by atomic mass is 10.4. The van der Waals surface area contributed by atoms with Crippen LogP contribution in [0.3, 0.4) is 0 Å². The second-order valence-corrected chi connectivity index (χ2v) is 3.33. The number of halogens is 1. The van der Waals surface area contributed by atoms with Gasteiger partial charge in [-0.25, -0.2) is 0 Å². The van der Waals surface area contributed by atoms with Crippen LogP contribution < -0.4 is 0 Å². The van der Waals surface area contributed by atoms with Gasteiger partial charge in [0.15, 0.2) is 0 Å². The van der Waals surface area contributed by atoms with Crippen LogP contribution in [-0.4, -0.2) is 36.7 Å². The Balaban J connectivity index is 3.54. The van der Waals surface area contributed by atoms with Gasteiger partial charge in [-0.3, -0.25) is 4.90 Å². The van der Waals surface area contributed by atoms with E-state index in [-0.39, 0.29) is 12.3 Å². The molecule has 0 aromatic carbocycles. The van der Waals surface area contributed by atoms with Crippen LogP contribution in [0.15, 0.2) is 0 Å². The largest absolute Gasteiger partial charge is 0.361 e. The van der Waals surface area contributed by atoms with E-state index < -0.39 is 0 Å². The summed E-state index contributed by atoms with van der Waals surface area (Å²) in [5, 5.41) is 0. The standard InChI is InChI=1S/C8H18ClNO/c1-7(2)11-8(3)10(4)6-5-9/h7-8H,5-6H2,1-4H3. The van der Waals surface area contributed by atoms with Gasteiger partial charge in [0.1, 0.15) is 6.23 Å². The maximum Gasteiger partial charge on any atom is 0.107 e. The third-order valence-electron chi connectivity index (χ3n) is 1.53. The monoisotopic (exact) mass is 179 g/mol. The highest BCUT2D eigenvalue weighted by atomic mass is 35.5. The molecule has 0 rings (SSSR count). The van der Waals surface area contributed by atoms with Crippen molar-refractivity contribution in [1.82, 2.24) is 4.90 Å². The van der Waals surface area contributed by atoms with Gasteiger partial charge in [-0.05, 0) is 27.8 Å². The molecule has 0 saturated heterocycles. The molecule has 2 nitrogen and oxygen atoms in total. The van der Waals surface area contributed by atoms with Gasteiger partial charge in [0.25, 0.3) is 0 Å². The molecular weight excluding hydrogens is 162 g/mol. The van der Waals surface area contributed by atoms with Crippen molar-refractivity contribution in [2.75, 3.05) is 19.5 Å². The summed E-state index contributed by atoms with van der Waals surface area (Å²) >= 11 is 5.58. The lowest BCUT2D eigenvalue weighted by Crippen LogP contribution is -2.34. The molecule has 0 aliphatic rings. The van der Waals surface area contributed by atoms with Crippen molar-refractivity contribution in [3.63, 3.8) is 0 Å². The minimum atomic E-state index is 0.161. The van der Waals surface area contributed by atoms with Crippen molar-refractivity contribution in [2.24, 2.45) is 0 Å². The van der Waals surface area contributed by atoms with E-state index >= 15 is 0 Å². The highest BCUT2D eigenvalue weighted by Crippen LogP contribution is 2.01. The Morgan fingerprint density at radius 3 is 2.27 bits per heavy atom. The fourth-order valence-electron chi connectivity index (χ4n) is 0.813. The van der Waals surface area contributed by atoms with Crippen LogP contribution in [-0.2, 0) is 4.74 Å². The summed E-state index contributed by atoms with van der Waals surface area (Å²) in [6, 6.07) is 0. The van der Waals surface area contributed by atoms with Gasteiger partial charge < -0.3 is 4.74 Å². The molecule has 3 heteroatoms. The Morgan fingerprint density at radius 1 is 1.36 bits per heavy atom. The van der Waals surface area contributed by atoms with Crippen LogP contribution in [0.4, 0.5) is 0 Å². The summed E-state index contributed by atoms with van der Waals surface area (Å²) in [5.74, 6) is 0.655. The Labute approximate surface area is 74.5 Å². The first-order valence-corrected chi connectivity index (χ1v) is 4.53. The van der Waals surface area contributed by atoms with Crippen molar-refractivity contribution < 1.29 is 4.74 Å². The molecule has 0 saturated carbocycles. The molecule has 0 aromatic heterocycles. The Morgan fingerprint density at radius 2 is 1.91 bits per heavy atom. The first-order valence-electron chi connectivity index (χ1n) is 3.99. The van der Waals surface area contributed by atoms with Crippen LogP contribution >= 0.6 is 11.6 Å². The normalized spacial score (nSPS) is 14.5. The van der Waals surface area contributed by atoms with Crippen LogP contribution in [0, 0.1) is 0 Å². The molecule has 11 heavy (non-hydrogen) atoms. The topological polar surface area (TPSA) is 12.5 Å². The van der Waals surface area contributed by atoms with Crippen molar-refractivity contribution in [3.8, 4) is 0 Å². The van der Waals surface area contributed by atoms with Gasteiger partial charge in [0.05, 0.1) is 6.10 Å². The van der Waals surface area contributed by atoms with Gasteiger partial charge in [0, 0.05) is 12.4 Å². The molecule has 0 spiro atoms. The molecule has 68 valence electrons. The van der Waals surface area contributed by atoms with E-state index in [4.69, 9.17) is 16.3 Å². The van der Waals surface area contributed by atoms with E-state index in [9.17, 15) is 0 Å². The van der Waals surface area contributed by atoms with Crippen LogP contribution in [0.5, 0.6) is 0 Å². The molecule has 0 aromatic rings. The van der Waals surface area contributed by atoms with E-state index in [0.717, 1.165) is 6.54 Å². The predicted octanol–water partition coefficient (Wildman–Crippen LogP) is 1.93. The third-order valence-corrected chi connectivity index (χ3v) is 1.70. The number of rotatable bonds is 5. The zero-order valence-electron chi connectivity index (χ0n) is 7.80. The lowest BCUT2D eigenvalue weighted by molar-refractivity contribution is -0.0638. The van der Waals surface area contributed by atoms with Crippen molar-refractivity contribution in [1.29, 1.82) is 0 Å². The van der Waals surface area contributed by atoms with Crippen molar-refractivity contribution >= 4 is 11.6 Å². The smallest absolute Gasteiger partial charge is 0.107 e. The third kappa shape index (κ3) is 5.48. The summed E-state index contributed by atoms with van der Waals surface area (Å²) < 4.78 is 5.53. The van der Waals surface area contributed by atoms with Gasteiger partial charge in [-0.1, -0.05) is 0 Å².